The first kappa shape index (κ1) is 17.9. The van der Waals surface area contributed by atoms with Crippen LogP contribution in [0.4, 0.5) is 0 Å². The number of para-hydroxylation sites is 1. The molecule has 5 heteroatoms. The zero-order valence-electron chi connectivity index (χ0n) is 14.8. The number of benzene rings is 2. The van der Waals surface area contributed by atoms with Gasteiger partial charge in [-0.3, -0.25) is 9.59 Å². The van der Waals surface area contributed by atoms with Crippen molar-refractivity contribution in [2.24, 2.45) is 0 Å². The summed E-state index contributed by atoms with van der Waals surface area (Å²) >= 11 is 1.26. The number of aromatic nitrogens is 1. The van der Waals surface area contributed by atoms with E-state index in [4.69, 9.17) is 4.74 Å². The number of aromatic amines is 1. The zero-order valence-corrected chi connectivity index (χ0v) is 15.6. The van der Waals surface area contributed by atoms with Gasteiger partial charge < -0.3 is 9.72 Å². The van der Waals surface area contributed by atoms with Crippen LogP contribution < -0.4 is 19.5 Å². The summed E-state index contributed by atoms with van der Waals surface area (Å²) in [6.45, 7) is 4.02. The molecule has 26 heavy (non-hydrogen) atoms. The minimum atomic E-state index is -0.210. The fraction of sp³-hybridized carbons (Fsp3) is 0.143. The van der Waals surface area contributed by atoms with Crippen LogP contribution in [0.3, 0.4) is 0 Å². The summed E-state index contributed by atoms with van der Waals surface area (Å²) in [5.74, 6) is 0.299. The average Bonchev–Trinajstić information content (AvgIpc) is 2.97. The summed E-state index contributed by atoms with van der Waals surface area (Å²) in [5, 5.41) is 0. The van der Waals surface area contributed by atoms with Crippen molar-refractivity contribution in [3.63, 3.8) is 0 Å². The number of nitrogens with one attached hydrogen (secondary N) is 1. The van der Waals surface area contributed by atoms with E-state index >= 15 is 0 Å². The van der Waals surface area contributed by atoms with Crippen LogP contribution in [0.5, 0.6) is 5.75 Å². The fourth-order valence-corrected chi connectivity index (χ4v) is 3.50. The van der Waals surface area contributed by atoms with Gasteiger partial charge in [-0.2, -0.15) is 0 Å². The summed E-state index contributed by atoms with van der Waals surface area (Å²) in [4.78, 5) is 27.5. The first-order chi connectivity index (χ1) is 12.5. The Labute approximate surface area is 155 Å². The minimum absolute atomic E-state index is 0.199. The zero-order chi connectivity index (χ0) is 18.7. The number of aryl methyl sites for hydroxylation is 2. The van der Waals surface area contributed by atoms with Crippen LogP contribution in [0.15, 0.2) is 47.3 Å². The molecule has 3 aromatic rings. The van der Waals surface area contributed by atoms with E-state index < -0.39 is 0 Å². The van der Waals surface area contributed by atoms with Crippen LogP contribution in [0.2, 0.25) is 0 Å². The van der Waals surface area contributed by atoms with E-state index in [2.05, 4.69) is 4.98 Å². The highest BCUT2D eigenvalue weighted by molar-refractivity contribution is 7.07. The molecule has 2 aromatic carbocycles. The van der Waals surface area contributed by atoms with Gasteiger partial charge in [0.05, 0.1) is 21.9 Å². The largest absolute Gasteiger partial charge is 0.496 e. The highest BCUT2D eigenvalue weighted by Crippen LogP contribution is 2.18. The maximum Gasteiger partial charge on any atom is 0.266 e. The second-order valence-electron chi connectivity index (χ2n) is 6.00. The predicted octanol–water partition coefficient (Wildman–Crippen LogP) is 2.55. The normalized spacial score (nSPS) is 12.4. The van der Waals surface area contributed by atoms with Crippen molar-refractivity contribution < 1.29 is 9.53 Å². The molecule has 3 rings (SSSR count). The lowest BCUT2D eigenvalue weighted by atomic mass is 10.1. The van der Waals surface area contributed by atoms with Gasteiger partial charge in [0.25, 0.3) is 5.56 Å². The maximum atomic E-state index is 12.5. The van der Waals surface area contributed by atoms with Crippen LogP contribution in [-0.2, 0) is 0 Å². The van der Waals surface area contributed by atoms with Gasteiger partial charge in [-0.05, 0) is 43.2 Å². The van der Waals surface area contributed by atoms with Gasteiger partial charge in [0.15, 0.2) is 5.78 Å². The summed E-state index contributed by atoms with van der Waals surface area (Å²) in [6, 6.07) is 13.1. The number of Topliss-reactive ketones (excluding diaryl/α,β-unsaturated/α-hetero) is 1. The van der Waals surface area contributed by atoms with Crippen LogP contribution in [0.25, 0.3) is 12.2 Å². The lowest BCUT2D eigenvalue weighted by molar-refractivity contribution is 0.105. The number of H-pyrrole nitrogens is 1. The molecule has 1 heterocycles. The molecule has 0 unspecified atom stereocenters. The Bertz CT molecular complexity index is 1140. The average molecular weight is 365 g/mol. The number of ketones is 1. The standard InChI is InChI=1S/C21H19NO3S/c1-13-8-9-14(2)15(10-13)11-19-21(24)22-20(26-19)12-17(23)16-6-4-5-7-18(16)25-3/h4-12H,1-3H3,(H,22,24)/b19-11+,20-12+. The fourth-order valence-electron chi connectivity index (χ4n) is 2.63. The maximum absolute atomic E-state index is 12.5. The molecule has 0 aliphatic heterocycles. The highest BCUT2D eigenvalue weighted by Gasteiger charge is 2.09. The third-order valence-electron chi connectivity index (χ3n) is 4.04. The number of hydrogen-bond donors (Lipinski definition) is 1. The Hall–Kier alpha value is -2.92. The molecule has 0 spiro atoms. The monoisotopic (exact) mass is 365 g/mol. The van der Waals surface area contributed by atoms with E-state index in [0.29, 0.717) is 20.5 Å². The predicted molar refractivity (Wildman–Crippen MR) is 105 cm³/mol. The van der Waals surface area contributed by atoms with Gasteiger partial charge in [0.1, 0.15) is 5.75 Å². The molecular weight excluding hydrogens is 346 g/mol. The second-order valence-corrected chi connectivity index (χ2v) is 7.08. The summed E-state index contributed by atoms with van der Waals surface area (Å²) < 4.78 is 6.30. The van der Waals surface area contributed by atoms with Gasteiger partial charge in [0, 0.05) is 6.08 Å². The van der Waals surface area contributed by atoms with Crippen LogP contribution in [0, 0.1) is 13.8 Å². The number of carbonyl (C=O) groups excluding carboxylic acids is 1. The Morgan fingerprint density at radius 2 is 1.92 bits per heavy atom. The van der Waals surface area contributed by atoms with Crippen molar-refractivity contribution >= 4 is 29.3 Å². The number of thiazole rings is 1. The Morgan fingerprint density at radius 1 is 1.15 bits per heavy atom. The first-order valence-corrected chi connectivity index (χ1v) is 8.97. The Balaban J connectivity index is 2.04. The molecule has 0 saturated heterocycles. The molecule has 132 valence electrons. The number of carbonyl (C=O) groups is 1. The summed E-state index contributed by atoms with van der Waals surface area (Å²) in [5.41, 5.74) is 3.49. The number of ether oxygens (including phenoxy) is 1. The molecule has 0 bridgehead atoms. The lowest BCUT2D eigenvalue weighted by Gasteiger charge is -2.03. The molecule has 0 radical (unpaired) electrons. The third kappa shape index (κ3) is 3.83. The van der Waals surface area contributed by atoms with Gasteiger partial charge in [-0.25, -0.2) is 0 Å². The molecular formula is C21H19NO3S. The molecule has 0 aliphatic carbocycles. The van der Waals surface area contributed by atoms with Gasteiger partial charge >= 0.3 is 0 Å². The van der Waals surface area contributed by atoms with Gasteiger partial charge in [-0.15, -0.1) is 11.3 Å². The number of methoxy groups -OCH3 is 1. The number of rotatable bonds is 4. The lowest BCUT2D eigenvalue weighted by Crippen LogP contribution is -2.20. The van der Waals surface area contributed by atoms with Crippen molar-refractivity contribution in [1.29, 1.82) is 0 Å². The topological polar surface area (TPSA) is 59.2 Å². The van der Waals surface area contributed by atoms with E-state index in [9.17, 15) is 9.59 Å². The van der Waals surface area contributed by atoms with Crippen LogP contribution >= 0.6 is 11.3 Å². The van der Waals surface area contributed by atoms with Crippen LogP contribution in [0.1, 0.15) is 27.0 Å². The summed E-state index contributed by atoms with van der Waals surface area (Å²) in [6.07, 6.45) is 3.29. The van der Waals surface area contributed by atoms with Crippen molar-refractivity contribution in [3.05, 3.63) is 84.3 Å². The second kappa shape index (κ2) is 7.54. The summed E-state index contributed by atoms with van der Waals surface area (Å²) in [7, 11) is 1.52. The molecule has 0 saturated carbocycles. The van der Waals surface area contributed by atoms with Crippen molar-refractivity contribution in [1.82, 2.24) is 4.98 Å². The van der Waals surface area contributed by atoms with E-state index in [-0.39, 0.29) is 11.3 Å². The van der Waals surface area contributed by atoms with E-state index in [0.717, 1.165) is 16.7 Å². The van der Waals surface area contributed by atoms with Crippen LogP contribution in [-0.4, -0.2) is 17.9 Å². The van der Waals surface area contributed by atoms with Crippen molar-refractivity contribution in [2.45, 2.75) is 13.8 Å². The van der Waals surface area contributed by atoms with Gasteiger partial charge in [0.2, 0.25) is 0 Å². The minimum Gasteiger partial charge on any atom is -0.496 e. The molecule has 4 nitrogen and oxygen atoms in total. The quantitative estimate of drug-likeness (QED) is 0.723. The van der Waals surface area contributed by atoms with E-state index in [1.54, 1.807) is 24.3 Å². The first-order valence-electron chi connectivity index (χ1n) is 8.15. The molecule has 0 amide bonds. The Morgan fingerprint density at radius 3 is 2.69 bits per heavy atom. The molecule has 0 aliphatic rings. The van der Waals surface area contributed by atoms with E-state index in [1.807, 2.05) is 38.1 Å². The van der Waals surface area contributed by atoms with Crippen molar-refractivity contribution in [2.75, 3.05) is 7.11 Å². The van der Waals surface area contributed by atoms with E-state index in [1.165, 1.54) is 24.5 Å². The molecule has 1 N–H and O–H groups in total. The highest BCUT2D eigenvalue weighted by atomic mass is 32.1. The Kier molecular flexibility index (Phi) is 5.19. The van der Waals surface area contributed by atoms with Gasteiger partial charge in [-0.1, -0.05) is 35.9 Å². The molecule has 0 atom stereocenters. The smallest absolute Gasteiger partial charge is 0.266 e. The SMILES string of the molecule is COc1ccccc1C(=O)/C=c1\[nH]c(=O)/c(=C\c2cc(C)ccc2C)s1. The molecule has 0 fully saturated rings. The number of hydrogen-bond acceptors (Lipinski definition) is 4. The van der Waals surface area contributed by atoms with Crippen molar-refractivity contribution in [3.8, 4) is 5.75 Å². The third-order valence-corrected chi connectivity index (χ3v) is 5.00. The molecule has 1 aromatic heterocycles.